The number of carbonyl (C=O) groups excluding carboxylic acids is 1. The maximum absolute atomic E-state index is 10.8. The Morgan fingerprint density at radius 3 is 2.22 bits per heavy atom. The van der Waals surface area contributed by atoms with Crippen molar-refractivity contribution in [3.05, 3.63) is 38.4 Å². The molecule has 1 aromatic carbocycles. The first-order chi connectivity index (χ1) is 8.32. The van der Waals surface area contributed by atoms with Gasteiger partial charge in [0.1, 0.15) is 5.69 Å². The van der Waals surface area contributed by atoms with E-state index < -0.39 is 38.8 Å². The number of carboxylic acids is 1. The minimum atomic E-state index is -1.83. The van der Waals surface area contributed by atoms with Crippen LogP contribution < -0.4 is 5.32 Å². The standard InChI is InChI=1S/C8H5N3O7/c12-7(8(13)14)9-5-2-1-4(10(15)16)3-6(5)11(17)18/h1-3H,(H,9,12)(H,13,14). The van der Waals surface area contributed by atoms with Crippen molar-refractivity contribution in [3.8, 4) is 0 Å². The molecule has 0 bridgehead atoms. The molecule has 0 saturated carbocycles. The number of carboxylic acid groups (broad SMARTS) is 1. The second-order valence-electron chi connectivity index (χ2n) is 2.97. The van der Waals surface area contributed by atoms with Crippen LogP contribution in [0.4, 0.5) is 17.1 Å². The Morgan fingerprint density at radius 2 is 1.78 bits per heavy atom. The Bertz CT molecular complexity index is 554. The largest absolute Gasteiger partial charge is 0.474 e. The van der Waals surface area contributed by atoms with Crippen molar-refractivity contribution in [2.24, 2.45) is 0 Å². The molecule has 0 spiro atoms. The van der Waals surface area contributed by atoms with Crippen LogP contribution in [-0.4, -0.2) is 26.8 Å². The topological polar surface area (TPSA) is 153 Å². The van der Waals surface area contributed by atoms with E-state index in [9.17, 15) is 29.8 Å². The van der Waals surface area contributed by atoms with Crippen molar-refractivity contribution in [1.82, 2.24) is 0 Å². The summed E-state index contributed by atoms with van der Waals surface area (Å²) in [5.74, 6) is -3.31. The molecule has 0 aliphatic heterocycles. The highest BCUT2D eigenvalue weighted by Gasteiger charge is 2.22. The number of non-ortho nitro benzene ring substituents is 1. The number of hydrogen-bond donors (Lipinski definition) is 2. The average molecular weight is 255 g/mol. The predicted molar refractivity (Wildman–Crippen MR) is 56.0 cm³/mol. The second kappa shape index (κ2) is 4.86. The van der Waals surface area contributed by atoms with Gasteiger partial charge < -0.3 is 10.4 Å². The number of anilines is 1. The highest BCUT2D eigenvalue weighted by molar-refractivity contribution is 6.36. The van der Waals surface area contributed by atoms with E-state index in [1.54, 1.807) is 5.32 Å². The second-order valence-corrected chi connectivity index (χ2v) is 2.97. The van der Waals surface area contributed by atoms with Gasteiger partial charge in [-0.15, -0.1) is 0 Å². The van der Waals surface area contributed by atoms with E-state index in [1.807, 2.05) is 0 Å². The normalized spacial score (nSPS) is 9.56. The van der Waals surface area contributed by atoms with E-state index in [4.69, 9.17) is 5.11 Å². The third-order valence-corrected chi connectivity index (χ3v) is 1.83. The smallest absolute Gasteiger partial charge is 0.394 e. The molecule has 0 aromatic heterocycles. The SMILES string of the molecule is O=C(O)C(=O)Nc1ccc([N+](=O)[O-])cc1[N+](=O)[O-]. The molecule has 0 aliphatic rings. The van der Waals surface area contributed by atoms with E-state index in [2.05, 4.69) is 0 Å². The van der Waals surface area contributed by atoms with Crippen LogP contribution in [0.1, 0.15) is 0 Å². The first-order valence-corrected chi connectivity index (χ1v) is 4.30. The van der Waals surface area contributed by atoms with E-state index in [-0.39, 0.29) is 0 Å². The van der Waals surface area contributed by atoms with Crippen LogP contribution in [0.3, 0.4) is 0 Å². The van der Waals surface area contributed by atoms with Crippen molar-refractivity contribution in [3.63, 3.8) is 0 Å². The number of amides is 1. The summed E-state index contributed by atoms with van der Waals surface area (Å²) in [7, 11) is 0. The molecular formula is C8H5N3O7. The Kier molecular flexibility index (Phi) is 3.52. The molecule has 0 radical (unpaired) electrons. The molecule has 1 amide bonds. The number of hydrogen-bond acceptors (Lipinski definition) is 6. The van der Waals surface area contributed by atoms with Crippen LogP contribution in [0.2, 0.25) is 0 Å². The van der Waals surface area contributed by atoms with Gasteiger partial charge in [-0.3, -0.25) is 25.0 Å². The van der Waals surface area contributed by atoms with Gasteiger partial charge in [-0.1, -0.05) is 0 Å². The van der Waals surface area contributed by atoms with Gasteiger partial charge in [-0.05, 0) is 6.07 Å². The molecule has 18 heavy (non-hydrogen) atoms. The molecule has 10 heteroatoms. The maximum atomic E-state index is 10.8. The lowest BCUT2D eigenvalue weighted by atomic mass is 10.2. The van der Waals surface area contributed by atoms with Gasteiger partial charge in [0.2, 0.25) is 0 Å². The highest BCUT2D eigenvalue weighted by atomic mass is 16.6. The Hall–Kier alpha value is -3.04. The van der Waals surface area contributed by atoms with Crippen LogP contribution in [0.5, 0.6) is 0 Å². The quantitative estimate of drug-likeness (QED) is 0.453. The minimum absolute atomic E-state index is 0.432. The zero-order valence-electron chi connectivity index (χ0n) is 8.52. The van der Waals surface area contributed by atoms with Crippen LogP contribution in [0, 0.1) is 20.2 Å². The number of aliphatic carboxylic acids is 1. The van der Waals surface area contributed by atoms with Gasteiger partial charge in [0.15, 0.2) is 0 Å². The van der Waals surface area contributed by atoms with E-state index in [0.29, 0.717) is 6.07 Å². The van der Waals surface area contributed by atoms with Gasteiger partial charge in [0.05, 0.1) is 15.9 Å². The molecule has 94 valence electrons. The summed E-state index contributed by atoms with van der Waals surface area (Å²) in [5, 5.41) is 31.1. The van der Waals surface area contributed by atoms with Crippen LogP contribution in [0.15, 0.2) is 18.2 Å². The predicted octanol–water partition coefficient (Wildman–Crippen LogP) is 0.526. The molecule has 0 unspecified atom stereocenters. The minimum Gasteiger partial charge on any atom is -0.474 e. The molecular weight excluding hydrogens is 250 g/mol. The number of benzene rings is 1. The number of rotatable bonds is 3. The number of nitrogens with zero attached hydrogens (tertiary/aromatic N) is 2. The summed E-state index contributed by atoms with van der Waals surface area (Å²) in [4.78, 5) is 40.3. The molecule has 2 N–H and O–H groups in total. The third-order valence-electron chi connectivity index (χ3n) is 1.83. The average Bonchev–Trinajstić information content (AvgIpc) is 2.28. The summed E-state index contributed by atoms with van der Waals surface area (Å²) in [6, 6.07) is 2.42. The zero-order valence-corrected chi connectivity index (χ0v) is 8.52. The molecule has 0 saturated heterocycles. The monoisotopic (exact) mass is 255 g/mol. The first kappa shape index (κ1) is 13.0. The van der Waals surface area contributed by atoms with Gasteiger partial charge in [-0.2, -0.15) is 0 Å². The maximum Gasteiger partial charge on any atom is 0.394 e. The Balaban J connectivity index is 3.20. The van der Waals surface area contributed by atoms with E-state index in [0.717, 1.165) is 12.1 Å². The fraction of sp³-hybridized carbons (Fsp3) is 0. The lowest BCUT2D eigenvalue weighted by Gasteiger charge is -2.02. The molecule has 0 aliphatic carbocycles. The van der Waals surface area contributed by atoms with Crippen molar-refractivity contribution >= 4 is 28.9 Å². The molecule has 0 fully saturated rings. The third kappa shape index (κ3) is 2.75. The number of nitro groups is 2. The summed E-state index contributed by atoms with van der Waals surface area (Å²) in [6.07, 6.45) is 0. The van der Waals surface area contributed by atoms with Gasteiger partial charge in [-0.25, -0.2) is 4.79 Å². The molecule has 1 rings (SSSR count). The molecule has 0 heterocycles. The molecule has 0 atom stereocenters. The van der Waals surface area contributed by atoms with Crippen molar-refractivity contribution in [2.45, 2.75) is 0 Å². The highest BCUT2D eigenvalue weighted by Crippen LogP contribution is 2.28. The van der Waals surface area contributed by atoms with Gasteiger partial charge >= 0.3 is 11.9 Å². The summed E-state index contributed by atoms with van der Waals surface area (Å²) in [5.41, 5.74) is -1.74. The first-order valence-electron chi connectivity index (χ1n) is 4.30. The van der Waals surface area contributed by atoms with E-state index >= 15 is 0 Å². The van der Waals surface area contributed by atoms with Crippen LogP contribution in [-0.2, 0) is 9.59 Å². The van der Waals surface area contributed by atoms with Crippen LogP contribution in [0.25, 0.3) is 0 Å². The summed E-state index contributed by atoms with van der Waals surface area (Å²) >= 11 is 0. The lowest BCUT2D eigenvalue weighted by molar-refractivity contribution is -0.393. The van der Waals surface area contributed by atoms with Crippen molar-refractivity contribution in [2.75, 3.05) is 5.32 Å². The molecule has 10 nitrogen and oxygen atoms in total. The number of nitrogens with one attached hydrogen (secondary N) is 1. The fourth-order valence-corrected chi connectivity index (χ4v) is 1.07. The van der Waals surface area contributed by atoms with Gasteiger partial charge in [0.25, 0.3) is 11.4 Å². The number of nitro benzene ring substituents is 2. The Labute approximate surface area is 98.1 Å². The lowest BCUT2D eigenvalue weighted by Crippen LogP contribution is -2.22. The number of carbonyl (C=O) groups is 2. The van der Waals surface area contributed by atoms with Crippen molar-refractivity contribution < 1.29 is 24.5 Å². The summed E-state index contributed by atoms with van der Waals surface area (Å²) in [6.45, 7) is 0. The van der Waals surface area contributed by atoms with Crippen molar-refractivity contribution in [1.29, 1.82) is 0 Å². The Morgan fingerprint density at radius 1 is 1.17 bits per heavy atom. The van der Waals surface area contributed by atoms with Crippen LogP contribution >= 0.6 is 0 Å². The zero-order chi connectivity index (χ0) is 13.9. The van der Waals surface area contributed by atoms with Gasteiger partial charge in [0, 0.05) is 6.07 Å². The summed E-state index contributed by atoms with van der Waals surface area (Å²) < 4.78 is 0. The van der Waals surface area contributed by atoms with E-state index in [1.165, 1.54) is 0 Å². The fourth-order valence-electron chi connectivity index (χ4n) is 1.07. The molecule has 1 aromatic rings.